The van der Waals surface area contributed by atoms with Gasteiger partial charge in [0.1, 0.15) is 13.2 Å². The number of ether oxygens (including phenoxy) is 2. The van der Waals surface area contributed by atoms with Crippen LogP contribution in [0.5, 0.6) is 11.5 Å². The molecule has 1 aromatic rings. The van der Waals surface area contributed by atoms with Crippen LogP contribution < -0.4 is 9.47 Å². The summed E-state index contributed by atoms with van der Waals surface area (Å²) < 4.78 is 10.8. The van der Waals surface area contributed by atoms with Crippen LogP contribution in [0.4, 0.5) is 0 Å². The van der Waals surface area contributed by atoms with E-state index in [4.69, 9.17) is 26.2 Å². The number of carbonyl (C=O) groups is 1. The van der Waals surface area contributed by atoms with Gasteiger partial charge in [-0.2, -0.15) is 0 Å². The predicted octanol–water partition coefficient (Wildman–Crippen LogP) is 2.69. The monoisotopic (exact) mass is 256 g/mol. The molecule has 0 saturated heterocycles. The largest absolute Gasteiger partial charge is 0.486 e. The highest BCUT2D eigenvalue weighted by Crippen LogP contribution is 2.38. The van der Waals surface area contributed by atoms with Crippen LogP contribution in [0, 0.1) is 0 Å². The van der Waals surface area contributed by atoms with Crippen LogP contribution in [0.3, 0.4) is 0 Å². The van der Waals surface area contributed by atoms with Crippen molar-refractivity contribution >= 4 is 17.6 Å². The number of hydrogen-bond acceptors (Lipinski definition) is 3. The highest BCUT2D eigenvalue weighted by Gasteiger charge is 2.19. The van der Waals surface area contributed by atoms with Gasteiger partial charge in [-0.05, 0) is 17.5 Å². The SMILES string of the molecule is CC(CC(=O)O)c1cc2c(cc1Cl)OCCO2. The van der Waals surface area contributed by atoms with Crippen molar-refractivity contribution in [3.63, 3.8) is 0 Å². The zero-order chi connectivity index (χ0) is 12.4. The highest BCUT2D eigenvalue weighted by molar-refractivity contribution is 6.31. The van der Waals surface area contributed by atoms with E-state index >= 15 is 0 Å². The number of fused-ring (bicyclic) bond motifs is 1. The van der Waals surface area contributed by atoms with E-state index in [1.165, 1.54) is 0 Å². The van der Waals surface area contributed by atoms with E-state index in [0.717, 1.165) is 5.56 Å². The molecule has 0 aliphatic carbocycles. The standard InChI is InChI=1S/C12H13ClO4/c1-7(4-12(14)15)8-5-10-11(6-9(8)13)17-3-2-16-10/h5-7H,2-4H2,1H3,(H,14,15). The van der Waals surface area contributed by atoms with E-state index in [1.807, 2.05) is 6.92 Å². The summed E-state index contributed by atoms with van der Waals surface area (Å²) >= 11 is 6.11. The molecule has 2 rings (SSSR count). The first-order valence-corrected chi connectivity index (χ1v) is 5.76. The Hall–Kier alpha value is -1.42. The summed E-state index contributed by atoms with van der Waals surface area (Å²) in [5.74, 6) is 0.250. The third-order valence-corrected chi connectivity index (χ3v) is 3.00. The average Bonchev–Trinajstić information content (AvgIpc) is 2.27. The number of carboxylic acids is 1. The van der Waals surface area contributed by atoms with Gasteiger partial charge in [0.05, 0.1) is 6.42 Å². The maximum absolute atomic E-state index is 10.7. The summed E-state index contributed by atoms with van der Waals surface area (Å²) in [6.45, 7) is 2.83. The van der Waals surface area contributed by atoms with Crippen LogP contribution in [-0.4, -0.2) is 24.3 Å². The number of aliphatic carboxylic acids is 1. The van der Waals surface area contributed by atoms with Gasteiger partial charge in [-0.1, -0.05) is 18.5 Å². The van der Waals surface area contributed by atoms with Gasteiger partial charge in [0.2, 0.25) is 0 Å². The molecule has 0 radical (unpaired) electrons. The van der Waals surface area contributed by atoms with Crippen LogP contribution in [0.15, 0.2) is 12.1 Å². The molecular formula is C12H13ClO4. The lowest BCUT2D eigenvalue weighted by atomic mass is 9.97. The molecule has 0 fully saturated rings. The van der Waals surface area contributed by atoms with Crippen LogP contribution in [0.2, 0.25) is 5.02 Å². The number of hydrogen-bond donors (Lipinski definition) is 1. The quantitative estimate of drug-likeness (QED) is 0.903. The minimum atomic E-state index is -0.844. The van der Waals surface area contributed by atoms with Crippen LogP contribution in [0.25, 0.3) is 0 Å². The van der Waals surface area contributed by atoms with Gasteiger partial charge in [0.15, 0.2) is 11.5 Å². The summed E-state index contributed by atoms with van der Waals surface area (Å²) in [6, 6.07) is 3.45. The van der Waals surface area contributed by atoms with Crippen molar-refractivity contribution in [1.82, 2.24) is 0 Å². The second-order valence-electron chi connectivity index (χ2n) is 4.02. The van der Waals surface area contributed by atoms with Crippen molar-refractivity contribution in [2.75, 3.05) is 13.2 Å². The van der Waals surface area contributed by atoms with E-state index in [0.29, 0.717) is 29.7 Å². The molecule has 0 aromatic heterocycles. The fourth-order valence-electron chi connectivity index (χ4n) is 1.83. The fourth-order valence-corrected chi connectivity index (χ4v) is 2.17. The maximum Gasteiger partial charge on any atom is 0.303 e. The van der Waals surface area contributed by atoms with Crippen molar-refractivity contribution in [1.29, 1.82) is 0 Å². The molecule has 1 aromatic carbocycles. The lowest BCUT2D eigenvalue weighted by Crippen LogP contribution is -2.16. The predicted molar refractivity (Wildman–Crippen MR) is 63.1 cm³/mol. The zero-order valence-electron chi connectivity index (χ0n) is 9.40. The maximum atomic E-state index is 10.7. The molecule has 0 saturated carbocycles. The average molecular weight is 257 g/mol. The summed E-state index contributed by atoms with van der Waals surface area (Å²) in [7, 11) is 0. The first-order valence-electron chi connectivity index (χ1n) is 5.38. The Labute approximate surface area is 104 Å². The first-order chi connectivity index (χ1) is 8.08. The number of carboxylic acid groups (broad SMARTS) is 1. The highest BCUT2D eigenvalue weighted by atomic mass is 35.5. The van der Waals surface area contributed by atoms with Crippen molar-refractivity contribution in [2.24, 2.45) is 0 Å². The van der Waals surface area contributed by atoms with Gasteiger partial charge in [-0.15, -0.1) is 0 Å². The molecule has 92 valence electrons. The van der Waals surface area contributed by atoms with E-state index in [-0.39, 0.29) is 12.3 Å². The second-order valence-corrected chi connectivity index (χ2v) is 4.42. The van der Waals surface area contributed by atoms with Gasteiger partial charge in [-0.25, -0.2) is 0 Å². The smallest absolute Gasteiger partial charge is 0.303 e. The molecule has 1 aliphatic rings. The molecule has 1 N–H and O–H groups in total. The summed E-state index contributed by atoms with van der Waals surface area (Å²) in [5.41, 5.74) is 0.776. The Bertz CT molecular complexity index is 444. The Morgan fingerprint density at radius 3 is 2.59 bits per heavy atom. The molecule has 1 heterocycles. The Balaban J connectivity index is 2.31. The van der Waals surface area contributed by atoms with E-state index < -0.39 is 5.97 Å². The summed E-state index contributed by atoms with van der Waals surface area (Å²) in [5, 5.41) is 9.29. The molecule has 0 bridgehead atoms. The van der Waals surface area contributed by atoms with Crippen molar-refractivity contribution in [3.05, 3.63) is 22.7 Å². The van der Waals surface area contributed by atoms with E-state index in [9.17, 15) is 4.79 Å². The molecule has 1 unspecified atom stereocenters. The van der Waals surface area contributed by atoms with Crippen molar-refractivity contribution < 1.29 is 19.4 Å². The molecule has 1 atom stereocenters. The van der Waals surface area contributed by atoms with Gasteiger partial charge in [0.25, 0.3) is 0 Å². The van der Waals surface area contributed by atoms with Gasteiger partial charge < -0.3 is 14.6 Å². The topological polar surface area (TPSA) is 55.8 Å². The van der Waals surface area contributed by atoms with E-state index in [1.54, 1.807) is 12.1 Å². The number of halogens is 1. The molecule has 1 aliphatic heterocycles. The fraction of sp³-hybridized carbons (Fsp3) is 0.417. The minimum absolute atomic E-state index is 0.0410. The molecular weight excluding hydrogens is 244 g/mol. The number of rotatable bonds is 3. The molecule has 5 heteroatoms. The van der Waals surface area contributed by atoms with Crippen LogP contribution >= 0.6 is 11.6 Å². The number of benzene rings is 1. The first kappa shape index (κ1) is 12.0. The normalized spacial score (nSPS) is 15.4. The van der Waals surface area contributed by atoms with Gasteiger partial charge >= 0.3 is 5.97 Å². The molecule has 0 amide bonds. The van der Waals surface area contributed by atoms with Gasteiger partial charge in [0, 0.05) is 11.1 Å². The van der Waals surface area contributed by atoms with Crippen LogP contribution in [-0.2, 0) is 4.79 Å². The third-order valence-electron chi connectivity index (χ3n) is 2.67. The van der Waals surface area contributed by atoms with Gasteiger partial charge in [-0.3, -0.25) is 4.79 Å². The van der Waals surface area contributed by atoms with E-state index in [2.05, 4.69) is 0 Å². The lowest BCUT2D eigenvalue weighted by Gasteiger charge is -2.21. The Morgan fingerprint density at radius 1 is 1.41 bits per heavy atom. The molecule has 4 nitrogen and oxygen atoms in total. The van der Waals surface area contributed by atoms with Crippen LogP contribution in [0.1, 0.15) is 24.8 Å². The lowest BCUT2D eigenvalue weighted by molar-refractivity contribution is -0.137. The van der Waals surface area contributed by atoms with Crippen molar-refractivity contribution in [2.45, 2.75) is 19.3 Å². The third kappa shape index (κ3) is 2.64. The summed E-state index contributed by atoms with van der Waals surface area (Å²) in [6.07, 6.45) is 0.0410. The minimum Gasteiger partial charge on any atom is -0.486 e. The second kappa shape index (κ2) is 4.84. The van der Waals surface area contributed by atoms with Crippen molar-refractivity contribution in [3.8, 4) is 11.5 Å². The molecule has 17 heavy (non-hydrogen) atoms. The zero-order valence-corrected chi connectivity index (χ0v) is 10.2. The Kier molecular flexibility index (Phi) is 3.43. The summed E-state index contributed by atoms with van der Waals surface area (Å²) in [4.78, 5) is 10.7. The Morgan fingerprint density at radius 2 is 2.00 bits per heavy atom. The molecule has 0 spiro atoms.